The number of aromatic amines is 1. The summed E-state index contributed by atoms with van der Waals surface area (Å²) in [4.78, 5) is 2.99. The van der Waals surface area contributed by atoms with Gasteiger partial charge < -0.3 is 15.1 Å². The van der Waals surface area contributed by atoms with Crippen molar-refractivity contribution in [2.75, 3.05) is 6.54 Å². The highest BCUT2D eigenvalue weighted by atomic mass is 16.3. The molecule has 2 rings (SSSR count). The van der Waals surface area contributed by atoms with E-state index in [1.807, 2.05) is 18.3 Å². The quantitative estimate of drug-likeness (QED) is 0.677. The lowest BCUT2D eigenvalue weighted by atomic mass is 10.3. The zero-order chi connectivity index (χ0) is 7.68. The van der Waals surface area contributed by atoms with Gasteiger partial charge in [0.05, 0.1) is 0 Å². The molecule has 0 amide bonds. The van der Waals surface area contributed by atoms with E-state index < -0.39 is 0 Å². The number of hydrogen-bond acceptors (Lipinski definition) is 2. The highest BCUT2D eigenvalue weighted by molar-refractivity contribution is 5.74. The third-order valence-electron chi connectivity index (χ3n) is 1.68. The number of aromatic nitrogens is 1. The van der Waals surface area contributed by atoms with Gasteiger partial charge in [-0.3, -0.25) is 0 Å². The van der Waals surface area contributed by atoms with E-state index in [4.69, 9.17) is 10.2 Å². The van der Waals surface area contributed by atoms with Crippen LogP contribution in [0.25, 0.3) is 11.1 Å². The van der Waals surface area contributed by atoms with Crippen LogP contribution in [0.4, 0.5) is 0 Å². The van der Waals surface area contributed by atoms with Crippen molar-refractivity contribution in [2.45, 2.75) is 6.42 Å². The fraction of sp³-hybridized carbons (Fsp3) is 0.250. The number of rotatable bonds is 2. The molecule has 0 aliphatic rings. The van der Waals surface area contributed by atoms with E-state index >= 15 is 0 Å². The van der Waals surface area contributed by atoms with Crippen molar-refractivity contribution < 1.29 is 4.42 Å². The fourth-order valence-corrected chi connectivity index (χ4v) is 1.17. The third-order valence-corrected chi connectivity index (χ3v) is 1.68. The van der Waals surface area contributed by atoms with Gasteiger partial charge >= 0.3 is 0 Å². The standard InChI is InChI=1S/C8H10N2O/c9-3-1-7-5-6-2-4-10-8(6)11-7/h2,4-5,10H,1,3,9H2. The fourth-order valence-electron chi connectivity index (χ4n) is 1.17. The third kappa shape index (κ3) is 1.03. The molecule has 2 aromatic heterocycles. The summed E-state index contributed by atoms with van der Waals surface area (Å²) in [5, 5.41) is 1.12. The molecule has 0 spiro atoms. The Morgan fingerprint density at radius 3 is 3.18 bits per heavy atom. The minimum Gasteiger partial charge on any atom is -0.445 e. The average molecular weight is 150 g/mol. The molecule has 0 atom stereocenters. The molecule has 3 nitrogen and oxygen atoms in total. The lowest BCUT2D eigenvalue weighted by Crippen LogP contribution is -2.01. The van der Waals surface area contributed by atoms with E-state index in [1.54, 1.807) is 0 Å². The van der Waals surface area contributed by atoms with Crippen LogP contribution in [-0.2, 0) is 6.42 Å². The number of hydrogen-bond donors (Lipinski definition) is 2. The van der Waals surface area contributed by atoms with Crippen molar-refractivity contribution >= 4 is 11.1 Å². The lowest BCUT2D eigenvalue weighted by molar-refractivity contribution is 0.541. The second-order valence-corrected chi connectivity index (χ2v) is 2.51. The average Bonchev–Trinajstić information content (AvgIpc) is 2.46. The molecule has 11 heavy (non-hydrogen) atoms. The van der Waals surface area contributed by atoms with Gasteiger partial charge in [0.1, 0.15) is 5.76 Å². The Kier molecular flexibility index (Phi) is 1.43. The molecule has 0 saturated carbocycles. The first-order valence-corrected chi connectivity index (χ1v) is 3.66. The number of furan rings is 1. The van der Waals surface area contributed by atoms with Crippen molar-refractivity contribution in [3.63, 3.8) is 0 Å². The zero-order valence-electron chi connectivity index (χ0n) is 6.13. The van der Waals surface area contributed by atoms with E-state index in [9.17, 15) is 0 Å². The van der Waals surface area contributed by atoms with Crippen LogP contribution < -0.4 is 5.73 Å². The number of nitrogens with one attached hydrogen (secondary N) is 1. The van der Waals surface area contributed by atoms with Gasteiger partial charge in [-0.2, -0.15) is 0 Å². The normalized spacial score (nSPS) is 11.0. The van der Waals surface area contributed by atoms with Crippen LogP contribution in [0.3, 0.4) is 0 Å². The summed E-state index contributed by atoms with van der Waals surface area (Å²) >= 11 is 0. The Hall–Kier alpha value is -1.22. The Bertz CT molecular complexity index is 319. The molecule has 0 aliphatic carbocycles. The van der Waals surface area contributed by atoms with Gasteiger partial charge in [-0.15, -0.1) is 0 Å². The van der Waals surface area contributed by atoms with Crippen LogP contribution in [0.2, 0.25) is 0 Å². The molecular weight excluding hydrogens is 140 g/mol. The Balaban J connectivity index is 2.42. The molecule has 0 aliphatic heterocycles. The molecule has 0 unspecified atom stereocenters. The van der Waals surface area contributed by atoms with Crippen LogP contribution in [-0.4, -0.2) is 11.5 Å². The van der Waals surface area contributed by atoms with Gasteiger partial charge in [-0.25, -0.2) is 0 Å². The summed E-state index contributed by atoms with van der Waals surface area (Å²) in [7, 11) is 0. The van der Waals surface area contributed by atoms with Crippen LogP contribution in [0.15, 0.2) is 22.7 Å². The smallest absolute Gasteiger partial charge is 0.204 e. The molecule has 0 fully saturated rings. The molecule has 0 saturated heterocycles. The first-order chi connectivity index (χ1) is 5.40. The summed E-state index contributed by atoms with van der Waals surface area (Å²) in [5.41, 5.74) is 6.22. The zero-order valence-corrected chi connectivity index (χ0v) is 6.13. The molecule has 2 heterocycles. The van der Waals surface area contributed by atoms with Gasteiger partial charge in [-0.05, 0) is 18.7 Å². The second-order valence-electron chi connectivity index (χ2n) is 2.51. The maximum absolute atomic E-state index is 5.41. The number of fused-ring (bicyclic) bond motifs is 1. The number of H-pyrrole nitrogens is 1. The first-order valence-electron chi connectivity index (χ1n) is 3.66. The second kappa shape index (κ2) is 2.43. The molecular formula is C8H10N2O. The van der Waals surface area contributed by atoms with E-state index in [0.717, 1.165) is 23.3 Å². The van der Waals surface area contributed by atoms with E-state index in [2.05, 4.69) is 4.98 Å². The van der Waals surface area contributed by atoms with Crippen molar-refractivity contribution in [3.05, 3.63) is 24.1 Å². The Morgan fingerprint density at radius 2 is 2.45 bits per heavy atom. The maximum atomic E-state index is 5.41. The Morgan fingerprint density at radius 1 is 1.55 bits per heavy atom. The first kappa shape index (κ1) is 6.49. The summed E-state index contributed by atoms with van der Waals surface area (Å²) in [5.74, 6) is 0.953. The molecule has 0 bridgehead atoms. The minimum absolute atomic E-state index is 0.635. The van der Waals surface area contributed by atoms with Crippen molar-refractivity contribution in [1.29, 1.82) is 0 Å². The monoisotopic (exact) mass is 150 g/mol. The predicted molar refractivity (Wildman–Crippen MR) is 43.3 cm³/mol. The number of nitrogens with two attached hydrogens (primary N) is 1. The highest BCUT2D eigenvalue weighted by Crippen LogP contribution is 2.17. The predicted octanol–water partition coefficient (Wildman–Crippen LogP) is 1.26. The SMILES string of the molecule is NCCc1cc2cc[nH]c2o1. The van der Waals surface area contributed by atoms with Crippen LogP contribution in [0.5, 0.6) is 0 Å². The molecule has 58 valence electrons. The molecule has 3 heteroatoms. The highest BCUT2D eigenvalue weighted by Gasteiger charge is 2.01. The van der Waals surface area contributed by atoms with Gasteiger partial charge in [0.15, 0.2) is 0 Å². The van der Waals surface area contributed by atoms with Crippen molar-refractivity contribution in [3.8, 4) is 0 Å². The minimum atomic E-state index is 0.635. The summed E-state index contributed by atoms with van der Waals surface area (Å²) in [6.07, 6.45) is 2.67. The topological polar surface area (TPSA) is 55.0 Å². The summed E-state index contributed by atoms with van der Waals surface area (Å²) in [6, 6.07) is 4.00. The van der Waals surface area contributed by atoms with Crippen LogP contribution in [0.1, 0.15) is 5.76 Å². The van der Waals surface area contributed by atoms with Crippen molar-refractivity contribution in [2.24, 2.45) is 5.73 Å². The Labute approximate surface area is 64.2 Å². The van der Waals surface area contributed by atoms with E-state index in [1.165, 1.54) is 0 Å². The molecule has 2 aromatic rings. The molecule has 0 aromatic carbocycles. The van der Waals surface area contributed by atoms with Gasteiger partial charge in [-0.1, -0.05) is 0 Å². The van der Waals surface area contributed by atoms with Crippen LogP contribution >= 0.6 is 0 Å². The van der Waals surface area contributed by atoms with E-state index in [0.29, 0.717) is 6.54 Å². The summed E-state index contributed by atoms with van der Waals surface area (Å²) in [6.45, 7) is 0.635. The molecule has 3 N–H and O–H groups in total. The van der Waals surface area contributed by atoms with Crippen molar-refractivity contribution in [1.82, 2.24) is 4.98 Å². The molecule has 0 radical (unpaired) electrons. The van der Waals surface area contributed by atoms with Gasteiger partial charge in [0.25, 0.3) is 0 Å². The largest absolute Gasteiger partial charge is 0.445 e. The van der Waals surface area contributed by atoms with Gasteiger partial charge in [0, 0.05) is 18.0 Å². The maximum Gasteiger partial charge on any atom is 0.204 e. The van der Waals surface area contributed by atoms with E-state index in [-0.39, 0.29) is 0 Å². The summed E-state index contributed by atoms with van der Waals surface area (Å²) < 4.78 is 5.41. The van der Waals surface area contributed by atoms with Gasteiger partial charge in [0.2, 0.25) is 5.71 Å². The van der Waals surface area contributed by atoms with Crippen LogP contribution in [0, 0.1) is 0 Å². The lowest BCUT2D eigenvalue weighted by Gasteiger charge is -1.87.